The fourth-order valence-electron chi connectivity index (χ4n) is 2.04. The van der Waals surface area contributed by atoms with Gasteiger partial charge in [0, 0.05) is 4.88 Å². The molecule has 0 aliphatic rings. The topological polar surface area (TPSA) is 84.2 Å². The SMILES string of the molecule is CC(C)C(NS(=O)(=O)c1ccccc1NN)c1cccs1. The molecule has 0 aliphatic heterocycles. The molecule has 0 amide bonds. The molecular weight excluding hydrogens is 306 g/mol. The minimum absolute atomic E-state index is 0.136. The molecule has 114 valence electrons. The quantitative estimate of drug-likeness (QED) is 0.563. The fraction of sp³-hybridized carbons (Fsp3) is 0.286. The van der Waals surface area contributed by atoms with Crippen molar-refractivity contribution >= 4 is 27.0 Å². The van der Waals surface area contributed by atoms with Crippen molar-refractivity contribution < 1.29 is 8.42 Å². The predicted molar refractivity (Wildman–Crippen MR) is 86.5 cm³/mol. The molecule has 0 aliphatic carbocycles. The van der Waals surface area contributed by atoms with Gasteiger partial charge in [-0.15, -0.1) is 11.3 Å². The molecule has 1 heterocycles. The Morgan fingerprint density at radius 2 is 1.86 bits per heavy atom. The summed E-state index contributed by atoms with van der Waals surface area (Å²) < 4.78 is 28.0. The zero-order valence-electron chi connectivity index (χ0n) is 11.9. The summed E-state index contributed by atoms with van der Waals surface area (Å²) in [6.07, 6.45) is 0. The van der Waals surface area contributed by atoms with Gasteiger partial charge in [-0.05, 0) is 29.5 Å². The maximum Gasteiger partial charge on any atom is 0.243 e. The third kappa shape index (κ3) is 3.62. The number of sulfonamides is 1. The summed E-state index contributed by atoms with van der Waals surface area (Å²) >= 11 is 1.54. The van der Waals surface area contributed by atoms with Gasteiger partial charge >= 0.3 is 0 Å². The fourth-order valence-corrected chi connectivity index (χ4v) is 4.60. The average molecular weight is 325 g/mol. The van der Waals surface area contributed by atoms with Crippen molar-refractivity contribution in [1.29, 1.82) is 0 Å². The van der Waals surface area contributed by atoms with Gasteiger partial charge in [0.1, 0.15) is 4.90 Å². The van der Waals surface area contributed by atoms with Crippen LogP contribution in [0.4, 0.5) is 5.69 Å². The minimum Gasteiger partial charge on any atom is -0.323 e. The lowest BCUT2D eigenvalue weighted by Gasteiger charge is -2.22. The van der Waals surface area contributed by atoms with Gasteiger partial charge in [-0.2, -0.15) is 0 Å². The van der Waals surface area contributed by atoms with E-state index in [0.717, 1.165) is 4.88 Å². The summed E-state index contributed by atoms with van der Waals surface area (Å²) in [5.41, 5.74) is 2.80. The van der Waals surface area contributed by atoms with Gasteiger partial charge in [0.2, 0.25) is 10.0 Å². The van der Waals surface area contributed by atoms with Crippen LogP contribution >= 0.6 is 11.3 Å². The highest BCUT2D eigenvalue weighted by Gasteiger charge is 2.26. The van der Waals surface area contributed by atoms with E-state index in [4.69, 9.17) is 5.84 Å². The zero-order valence-corrected chi connectivity index (χ0v) is 13.5. The second kappa shape index (κ2) is 6.57. The molecule has 2 rings (SSSR count). The molecular formula is C14H19N3O2S2. The number of para-hydroxylation sites is 1. The molecule has 0 radical (unpaired) electrons. The highest BCUT2D eigenvalue weighted by atomic mass is 32.2. The molecule has 1 unspecified atom stereocenters. The number of nitrogens with two attached hydrogens (primary N) is 1. The molecule has 1 atom stereocenters. The van der Waals surface area contributed by atoms with Gasteiger partial charge in [-0.25, -0.2) is 13.1 Å². The molecule has 1 aromatic carbocycles. The van der Waals surface area contributed by atoms with Gasteiger partial charge in [-0.3, -0.25) is 5.84 Å². The molecule has 0 fully saturated rings. The van der Waals surface area contributed by atoms with Crippen molar-refractivity contribution in [3.05, 3.63) is 46.7 Å². The number of hydrogen-bond donors (Lipinski definition) is 3. The molecule has 0 saturated heterocycles. The largest absolute Gasteiger partial charge is 0.323 e. The summed E-state index contributed by atoms with van der Waals surface area (Å²) in [7, 11) is -3.66. The maximum absolute atomic E-state index is 12.6. The summed E-state index contributed by atoms with van der Waals surface area (Å²) in [6, 6.07) is 10.1. The van der Waals surface area contributed by atoms with Crippen LogP contribution in [0.25, 0.3) is 0 Å². The number of benzene rings is 1. The number of hydrazine groups is 1. The van der Waals surface area contributed by atoms with Gasteiger partial charge in [0.15, 0.2) is 0 Å². The molecule has 2 aromatic rings. The van der Waals surface area contributed by atoms with Crippen LogP contribution in [0.5, 0.6) is 0 Å². The van der Waals surface area contributed by atoms with Crippen LogP contribution in [0, 0.1) is 5.92 Å². The Balaban J connectivity index is 2.35. The van der Waals surface area contributed by atoms with E-state index in [0.29, 0.717) is 5.69 Å². The summed E-state index contributed by atoms with van der Waals surface area (Å²) in [4.78, 5) is 1.14. The van der Waals surface area contributed by atoms with Crippen molar-refractivity contribution in [2.45, 2.75) is 24.8 Å². The van der Waals surface area contributed by atoms with Crippen LogP contribution in [0.2, 0.25) is 0 Å². The van der Waals surface area contributed by atoms with E-state index in [2.05, 4.69) is 10.1 Å². The number of hydrogen-bond acceptors (Lipinski definition) is 5. The van der Waals surface area contributed by atoms with Crippen molar-refractivity contribution in [2.24, 2.45) is 11.8 Å². The van der Waals surface area contributed by atoms with Crippen LogP contribution in [0.15, 0.2) is 46.7 Å². The number of anilines is 1. The average Bonchev–Trinajstić information content (AvgIpc) is 2.98. The van der Waals surface area contributed by atoms with E-state index in [9.17, 15) is 8.42 Å². The smallest absolute Gasteiger partial charge is 0.243 e. The van der Waals surface area contributed by atoms with Gasteiger partial charge in [0.05, 0.1) is 11.7 Å². The number of nitrogens with one attached hydrogen (secondary N) is 2. The molecule has 7 heteroatoms. The van der Waals surface area contributed by atoms with Crippen LogP contribution in [-0.2, 0) is 10.0 Å². The summed E-state index contributed by atoms with van der Waals surface area (Å²) in [5, 5.41) is 1.94. The maximum atomic E-state index is 12.6. The molecule has 0 saturated carbocycles. The Labute approximate surface area is 129 Å². The summed E-state index contributed by atoms with van der Waals surface area (Å²) in [6.45, 7) is 3.97. The van der Waals surface area contributed by atoms with Crippen LogP contribution in [0.3, 0.4) is 0 Å². The first kappa shape index (κ1) is 16.0. The summed E-state index contributed by atoms with van der Waals surface area (Å²) in [5.74, 6) is 5.53. The highest BCUT2D eigenvalue weighted by Crippen LogP contribution is 2.29. The van der Waals surface area contributed by atoms with E-state index in [-0.39, 0.29) is 16.9 Å². The third-order valence-corrected chi connectivity index (χ3v) is 5.59. The highest BCUT2D eigenvalue weighted by molar-refractivity contribution is 7.89. The second-order valence-corrected chi connectivity index (χ2v) is 7.66. The lowest BCUT2D eigenvalue weighted by Crippen LogP contribution is -2.32. The van der Waals surface area contributed by atoms with Crippen LogP contribution < -0.4 is 16.0 Å². The van der Waals surface area contributed by atoms with Gasteiger partial charge < -0.3 is 5.43 Å². The molecule has 4 N–H and O–H groups in total. The first-order chi connectivity index (χ1) is 9.95. The van der Waals surface area contributed by atoms with E-state index in [1.165, 1.54) is 17.4 Å². The standard InChI is InChI=1S/C14H19N3O2S2/c1-10(2)14(12-7-5-9-20-12)17-21(18,19)13-8-4-3-6-11(13)16-15/h3-10,14,16-17H,15H2,1-2H3. The lowest BCUT2D eigenvalue weighted by molar-refractivity contribution is 0.469. The van der Waals surface area contributed by atoms with Crippen molar-refractivity contribution in [1.82, 2.24) is 4.72 Å². The zero-order chi connectivity index (χ0) is 15.5. The van der Waals surface area contributed by atoms with Gasteiger partial charge in [-0.1, -0.05) is 32.0 Å². The molecule has 21 heavy (non-hydrogen) atoms. The van der Waals surface area contributed by atoms with Crippen molar-refractivity contribution in [3.8, 4) is 0 Å². The Morgan fingerprint density at radius 1 is 1.14 bits per heavy atom. The number of thiophene rings is 1. The first-order valence-corrected chi connectivity index (χ1v) is 8.93. The van der Waals surface area contributed by atoms with E-state index >= 15 is 0 Å². The second-order valence-electron chi connectivity index (χ2n) is 5.00. The predicted octanol–water partition coefficient (Wildman–Crippen LogP) is 2.71. The lowest BCUT2D eigenvalue weighted by atomic mass is 10.0. The molecule has 5 nitrogen and oxygen atoms in total. The normalized spacial score (nSPS) is 13.3. The Bertz CT molecular complexity index is 682. The van der Waals surface area contributed by atoms with Crippen LogP contribution in [-0.4, -0.2) is 8.42 Å². The Hall–Kier alpha value is -1.41. The van der Waals surface area contributed by atoms with E-state index in [1.54, 1.807) is 18.2 Å². The van der Waals surface area contributed by atoms with E-state index < -0.39 is 10.0 Å². The monoisotopic (exact) mass is 325 g/mol. The van der Waals surface area contributed by atoms with Crippen LogP contribution in [0.1, 0.15) is 24.8 Å². The molecule has 1 aromatic heterocycles. The number of nitrogen functional groups attached to an aromatic ring is 1. The van der Waals surface area contributed by atoms with Gasteiger partial charge in [0.25, 0.3) is 0 Å². The molecule has 0 bridgehead atoms. The Kier molecular flexibility index (Phi) is 5.00. The van der Waals surface area contributed by atoms with E-state index in [1.807, 2.05) is 31.4 Å². The Morgan fingerprint density at radius 3 is 2.43 bits per heavy atom. The number of rotatable bonds is 6. The minimum atomic E-state index is -3.66. The first-order valence-electron chi connectivity index (χ1n) is 6.57. The third-order valence-electron chi connectivity index (χ3n) is 3.13. The molecule has 0 spiro atoms. The van der Waals surface area contributed by atoms with Crippen molar-refractivity contribution in [3.63, 3.8) is 0 Å². The van der Waals surface area contributed by atoms with Crippen molar-refractivity contribution in [2.75, 3.05) is 5.43 Å².